The Hall–Kier alpha value is -3.03. The van der Waals surface area contributed by atoms with Crippen molar-refractivity contribution >= 4 is 23.5 Å². The first-order valence-electron chi connectivity index (χ1n) is 13.5. The Kier molecular flexibility index (Phi) is 9.92. The van der Waals surface area contributed by atoms with E-state index in [-0.39, 0.29) is 0 Å². The smallest absolute Gasteiger partial charge is 0.303 e. The lowest BCUT2D eigenvalue weighted by Crippen LogP contribution is -2.23. The molecule has 206 valence electrons. The van der Waals surface area contributed by atoms with Gasteiger partial charge in [-0.1, -0.05) is 80.9 Å². The fraction of sp³-hybridized carbons (Fsp3) is 0.344. The number of halogens is 3. The van der Waals surface area contributed by atoms with Gasteiger partial charge in [-0.15, -0.1) is 0 Å². The van der Waals surface area contributed by atoms with Crippen LogP contribution in [0.1, 0.15) is 62.3 Å². The van der Waals surface area contributed by atoms with Crippen molar-refractivity contribution in [3.63, 3.8) is 0 Å². The molecular formula is C32H36F3N3S. The van der Waals surface area contributed by atoms with Crippen LogP contribution in [-0.2, 0) is 19.1 Å². The number of nitrogens with zero attached hydrogens (tertiary/aromatic N) is 3. The summed E-state index contributed by atoms with van der Waals surface area (Å²) in [4.78, 5) is 4.54. The number of allylic oxidation sites excluding steroid dienone is 2. The quantitative estimate of drug-likeness (QED) is 0.260. The van der Waals surface area contributed by atoms with E-state index in [0.29, 0.717) is 0 Å². The molecule has 7 heteroatoms. The molecule has 3 nitrogen and oxygen atoms in total. The zero-order valence-electron chi connectivity index (χ0n) is 22.8. The molecule has 0 spiro atoms. The molecule has 3 aromatic rings. The van der Waals surface area contributed by atoms with E-state index in [1.54, 1.807) is 0 Å². The van der Waals surface area contributed by atoms with E-state index in [4.69, 9.17) is 0 Å². The molecule has 0 saturated heterocycles. The maximum absolute atomic E-state index is 12.5. The second-order valence-corrected chi connectivity index (χ2v) is 10.9. The van der Waals surface area contributed by atoms with Crippen LogP contribution >= 0.6 is 12.1 Å². The summed E-state index contributed by atoms with van der Waals surface area (Å²) in [6, 6.07) is 24.7. The summed E-state index contributed by atoms with van der Waals surface area (Å²) in [6.45, 7) is 9.48. The highest BCUT2D eigenvalue weighted by atomic mass is 32.2. The summed E-state index contributed by atoms with van der Waals surface area (Å²) < 4.78 is 42.3. The normalized spacial score (nSPS) is 14.8. The maximum atomic E-state index is 12.5. The summed E-state index contributed by atoms with van der Waals surface area (Å²) in [5.41, 5.74) is 7.55. The molecule has 39 heavy (non-hydrogen) atoms. The molecule has 2 aliphatic heterocycles. The lowest BCUT2D eigenvalue weighted by Gasteiger charge is -2.26. The van der Waals surface area contributed by atoms with Crippen molar-refractivity contribution in [1.29, 1.82) is 0 Å². The van der Waals surface area contributed by atoms with Gasteiger partial charge in [-0.05, 0) is 60.2 Å². The monoisotopic (exact) mass is 551 g/mol. The standard InChI is InChI=1S/C17H20N2S.C15H16F3N/c1-2-18(14-15-8-4-3-5-9-15)20-19-13-12-16-10-6-7-11-17(16)19;1-3-4-13-10(2)9-14(19-13)11-5-7-12(8-6-11)15(16,17)18/h3-11H,2,12-14H2,1H3;5-8H,3-4,9H2,1-2H3. The van der Waals surface area contributed by atoms with Crippen LogP contribution in [0.2, 0.25) is 0 Å². The third kappa shape index (κ3) is 7.76. The number of fused-ring (bicyclic) bond motifs is 1. The zero-order chi connectivity index (χ0) is 27.8. The predicted octanol–water partition coefficient (Wildman–Crippen LogP) is 9.11. The molecule has 0 aromatic heterocycles. The van der Waals surface area contributed by atoms with Gasteiger partial charge in [0, 0.05) is 43.9 Å². The van der Waals surface area contributed by atoms with Gasteiger partial charge in [0.25, 0.3) is 0 Å². The fourth-order valence-corrected chi connectivity index (χ4v) is 5.73. The Balaban J connectivity index is 0.000000181. The van der Waals surface area contributed by atoms with Crippen molar-refractivity contribution in [3.8, 4) is 0 Å². The van der Waals surface area contributed by atoms with Gasteiger partial charge in [0.05, 0.1) is 17.0 Å². The van der Waals surface area contributed by atoms with Gasteiger partial charge in [-0.2, -0.15) is 13.2 Å². The van der Waals surface area contributed by atoms with Crippen molar-refractivity contribution < 1.29 is 13.2 Å². The van der Waals surface area contributed by atoms with Crippen LogP contribution in [0.15, 0.2) is 95.1 Å². The topological polar surface area (TPSA) is 18.8 Å². The van der Waals surface area contributed by atoms with Crippen molar-refractivity contribution in [2.24, 2.45) is 4.99 Å². The van der Waals surface area contributed by atoms with E-state index in [1.165, 1.54) is 34.5 Å². The molecule has 2 heterocycles. The van der Waals surface area contributed by atoms with Gasteiger partial charge >= 0.3 is 6.18 Å². The molecule has 0 radical (unpaired) electrons. The lowest BCUT2D eigenvalue weighted by molar-refractivity contribution is -0.137. The maximum Gasteiger partial charge on any atom is 0.416 e. The third-order valence-corrected chi connectivity index (χ3v) is 8.04. The van der Waals surface area contributed by atoms with Gasteiger partial charge in [0.1, 0.15) is 0 Å². The van der Waals surface area contributed by atoms with Crippen LogP contribution in [0.4, 0.5) is 18.9 Å². The van der Waals surface area contributed by atoms with E-state index in [2.05, 4.69) is 82.0 Å². The van der Waals surface area contributed by atoms with Crippen LogP contribution in [0.3, 0.4) is 0 Å². The van der Waals surface area contributed by atoms with Gasteiger partial charge < -0.3 is 4.31 Å². The molecule has 3 aromatic carbocycles. The Morgan fingerprint density at radius 2 is 1.62 bits per heavy atom. The number of rotatable bonds is 8. The van der Waals surface area contributed by atoms with E-state index in [9.17, 15) is 13.2 Å². The third-order valence-electron chi connectivity index (χ3n) is 6.84. The van der Waals surface area contributed by atoms with Crippen LogP contribution < -0.4 is 4.31 Å². The molecule has 0 bridgehead atoms. The first-order valence-corrected chi connectivity index (χ1v) is 14.3. The van der Waals surface area contributed by atoms with Crippen molar-refractivity contribution in [1.82, 2.24) is 4.31 Å². The van der Waals surface area contributed by atoms with Crippen LogP contribution in [0.25, 0.3) is 0 Å². The molecule has 0 atom stereocenters. The van der Waals surface area contributed by atoms with Gasteiger partial charge in [-0.3, -0.25) is 4.99 Å². The number of anilines is 1. The number of hydrogen-bond donors (Lipinski definition) is 0. The fourth-order valence-electron chi connectivity index (χ4n) is 4.69. The Labute approximate surface area is 234 Å². The Bertz CT molecular complexity index is 1280. The van der Waals surface area contributed by atoms with Gasteiger partial charge in [-0.25, -0.2) is 4.31 Å². The van der Waals surface area contributed by atoms with E-state index >= 15 is 0 Å². The largest absolute Gasteiger partial charge is 0.416 e. The summed E-state index contributed by atoms with van der Waals surface area (Å²) in [5.74, 6) is 0. The first kappa shape index (κ1) is 29.0. The van der Waals surface area contributed by atoms with Crippen LogP contribution in [0, 0.1) is 0 Å². The molecule has 2 aliphatic rings. The van der Waals surface area contributed by atoms with E-state index in [1.807, 2.05) is 19.1 Å². The first-order chi connectivity index (χ1) is 18.8. The highest BCUT2D eigenvalue weighted by molar-refractivity contribution is 7.98. The molecule has 0 unspecified atom stereocenters. The molecule has 5 rings (SSSR count). The highest BCUT2D eigenvalue weighted by Gasteiger charge is 2.30. The summed E-state index contributed by atoms with van der Waals surface area (Å²) in [7, 11) is 0. The molecular weight excluding hydrogens is 515 g/mol. The van der Waals surface area contributed by atoms with Crippen molar-refractivity contribution in [3.05, 3.63) is 112 Å². The Morgan fingerprint density at radius 1 is 0.923 bits per heavy atom. The SMILES string of the molecule is CCCC1=C(C)CC(c2ccc(C(F)(F)F)cc2)=N1.CCN(Cc1ccccc1)SN1CCc2ccccc21. The lowest BCUT2D eigenvalue weighted by atomic mass is 10.0. The van der Waals surface area contributed by atoms with Crippen LogP contribution in [-0.4, -0.2) is 23.1 Å². The molecule has 0 saturated carbocycles. The predicted molar refractivity (Wildman–Crippen MR) is 158 cm³/mol. The second-order valence-electron chi connectivity index (χ2n) is 9.79. The Morgan fingerprint density at radius 3 is 2.28 bits per heavy atom. The summed E-state index contributed by atoms with van der Waals surface area (Å²) in [5, 5.41) is 0. The average molecular weight is 552 g/mol. The van der Waals surface area contributed by atoms with Gasteiger partial charge in [0.15, 0.2) is 0 Å². The van der Waals surface area contributed by atoms with E-state index in [0.717, 1.165) is 74.4 Å². The van der Waals surface area contributed by atoms with Crippen molar-refractivity contribution in [2.75, 3.05) is 17.4 Å². The summed E-state index contributed by atoms with van der Waals surface area (Å²) >= 11 is 1.86. The van der Waals surface area contributed by atoms with E-state index < -0.39 is 11.7 Å². The number of benzene rings is 3. The second kappa shape index (κ2) is 13.4. The number of hydrogen-bond acceptors (Lipinski definition) is 4. The minimum absolute atomic E-state index is 0.617. The summed E-state index contributed by atoms with van der Waals surface area (Å²) in [6.07, 6.45) is -0.434. The zero-order valence-corrected chi connectivity index (χ0v) is 23.7. The minimum Gasteiger partial charge on any atom is -0.303 e. The highest BCUT2D eigenvalue weighted by Crippen LogP contribution is 2.35. The molecule has 0 aliphatic carbocycles. The molecule has 0 amide bonds. The number of alkyl halides is 3. The molecule has 0 fully saturated rings. The van der Waals surface area contributed by atoms with Crippen molar-refractivity contribution in [2.45, 2.75) is 59.2 Å². The van der Waals surface area contributed by atoms with Crippen LogP contribution in [0.5, 0.6) is 0 Å². The average Bonchev–Trinajstić information content (AvgIpc) is 3.52. The number of para-hydroxylation sites is 1. The van der Waals surface area contributed by atoms with Gasteiger partial charge in [0.2, 0.25) is 0 Å². The number of aliphatic imine (C=N–C) groups is 1. The molecule has 0 N–H and O–H groups in total. The minimum atomic E-state index is -4.28.